The first-order valence-corrected chi connectivity index (χ1v) is 14.6. The Labute approximate surface area is 265 Å². The zero-order chi connectivity index (χ0) is 30.4. The van der Waals surface area contributed by atoms with Crippen LogP contribution in [0.1, 0.15) is 50.4 Å². The number of para-hydroxylation sites is 2. The van der Waals surface area contributed by atoms with Crippen LogP contribution in [0, 0.1) is 5.92 Å². The van der Waals surface area contributed by atoms with Crippen LogP contribution in [-0.2, 0) is 17.9 Å². The summed E-state index contributed by atoms with van der Waals surface area (Å²) in [6, 6.07) is 25.0. The molecule has 0 bridgehead atoms. The third kappa shape index (κ3) is 10.3. The van der Waals surface area contributed by atoms with Crippen LogP contribution in [0.15, 0.2) is 90.1 Å². The van der Waals surface area contributed by atoms with Gasteiger partial charge in [0, 0.05) is 24.2 Å². The predicted octanol–water partition coefficient (Wildman–Crippen LogP) is 5.28. The van der Waals surface area contributed by atoms with Crippen LogP contribution in [0.2, 0.25) is 0 Å². The quantitative estimate of drug-likeness (QED) is 0.0879. The summed E-state index contributed by atoms with van der Waals surface area (Å²) in [5.41, 5.74) is 14.4. The summed E-state index contributed by atoms with van der Waals surface area (Å²) in [5.74, 6) is 1.94. The van der Waals surface area contributed by atoms with E-state index >= 15 is 0 Å². The lowest BCUT2D eigenvalue weighted by Crippen LogP contribution is -2.33. The Bertz CT molecular complexity index is 1470. The number of guanidine groups is 1. The normalized spacial score (nSPS) is 11.3. The van der Waals surface area contributed by atoms with Crippen LogP contribution in [0.25, 0.3) is 11.1 Å². The molecule has 11 heteroatoms. The monoisotopic (exact) mass is 619 g/mol. The predicted molar refractivity (Wildman–Crippen MR) is 176 cm³/mol. The van der Waals surface area contributed by atoms with Crippen LogP contribution in [-0.4, -0.2) is 40.0 Å². The number of carbonyl (C=O) groups is 1. The molecule has 0 aliphatic carbocycles. The fraction of sp³-hybridized carbons (Fsp3) is 0.333. The second-order valence-corrected chi connectivity index (χ2v) is 10.7. The van der Waals surface area contributed by atoms with Crippen molar-refractivity contribution in [2.75, 3.05) is 13.2 Å². The number of aliphatic imine (C=N–C) groups is 1. The Morgan fingerprint density at radius 2 is 1.55 bits per heavy atom. The SMILES string of the molecule is CC(C)CCOc1ccccc1-c1ccccc1OCc1cn([C@H](CCCN=C(N)N)C(=O)NCc2ccccc2)nn1.Cl. The van der Waals surface area contributed by atoms with Crippen LogP contribution in [0.3, 0.4) is 0 Å². The number of hydrogen-bond donors (Lipinski definition) is 3. The van der Waals surface area contributed by atoms with Crippen molar-refractivity contribution >= 4 is 24.3 Å². The summed E-state index contributed by atoms with van der Waals surface area (Å²) in [6.07, 6.45) is 3.80. The summed E-state index contributed by atoms with van der Waals surface area (Å²) < 4.78 is 14.0. The standard InChI is InChI=1S/C33H41N7O3.ClH/c1-24(2)18-20-42-30-16-8-6-13-27(30)28-14-7-9-17-31(28)43-23-26-22-40(39-38-26)29(15-10-19-36-33(34)35)32(41)37-21-25-11-4-3-5-12-25;/h3-9,11-14,16-17,22,24,29H,10,15,18-21,23H2,1-2H3,(H,37,41)(H4,34,35,36);1H/t29-;/m1./s1. The van der Waals surface area contributed by atoms with Gasteiger partial charge in [-0.3, -0.25) is 9.79 Å². The molecule has 5 N–H and O–H groups in total. The number of aromatic nitrogens is 3. The number of nitrogens with two attached hydrogens (primary N) is 2. The summed E-state index contributed by atoms with van der Waals surface area (Å²) in [7, 11) is 0. The van der Waals surface area contributed by atoms with Crippen molar-refractivity contribution in [3.8, 4) is 22.6 Å². The molecule has 0 saturated carbocycles. The zero-order valence-electron chi connectivity index (χ0n) is 25.3. The lowest BCUT2D eigenvalue weighted by Gasteiger charge is -2.17. The van der Waals surface area contributed by atoms with Gasteiger partial charge in [-0.25, -0.2) is 4.68 Å². The smallest absolute Gasteiger partial charge is 0.245 e. The Balaban J connectivity index is 0.00000529. The first kappa shape index (κ1) is 33.9. The van der Waals surface area contributed by atoms with E-state index in [0.29, 0.717) is 49.9 Å². The van der Waals surface area contributed by atoms with E-state index in [0.717, 1.165) is 28.9 Å². The molecular formula is C33H42ClN7O3. The summed E-state index contributed by atoms with van der Waals surface area (Å²) >= 11 is 0. The molecule has 4 rings (SSSR count). The molecule has 1 atom stereocenters. The molecule has 0 unspecified atom stereocenters. The van der Waals surface area contributed by atoms with Crippen molar-refractivity contribution in [3.05, 3.63) is 96.3 Å². The van der Waals surface area contributed by atoms with Gasteiger partial charge in [0.05, 0.1) is 12.8 Å². The number of rotatable bonds is 16. The van der Waals surface area contributed by atoms with Crippen LogP contribution in [0.5, 0.6) is 11.5 Å². The molecular weight excluding hydrogens is 578 g/mol. The van der Waals surface area contributed by atoms with E-state index in [1.54, 1.807) is 10.9 Å². The van der Waals surface area contributed by atoms with E-state index < -0.39 is 6.04 Å². The second-order valence-electron chi connectivity index (χ2n) is 10.7. The number of nitrogens with one attached hydrogen (secondary N) is 1. The molecule has 0 aliphatic rings. The number of benzene rings is 3. The van der Waals surface area contributed by atoms with Gasteiger partial charge in [-0.1, -0.05) is 85.8 Å². The number of amides is 1. The molecule has 1 amide bonds. The highest BCUT2D eigenvalue weighted by molar-refractivity contribution is 5.85. The van der Waals surface area contributed by atoms with Gasteiger partial charge < -0.3 is 26.3 Å². The molecule has 4 aromatic rings. The molecule has 0 radical (unpaired) electrons. The second kappa shape index (κ2) is 17.5. The van der Waals surface area contributed by atoms with Gasteiger partial charge >= 0.3 is 0 Å². The zero-order valence-corrected chi connectivity index (χ0v) is 26.1. The summed E-state index contributed by atoms with van der Waals surface area (Å²) in [5, 5.41) is 11.6. The molecule has 0 saturated heterocycles. The average Bonchev–Trinajstić information content (AvgIpc) is 3.48. The van der Waals surface area contributed by atoms with Gasteiger partial charge in [0.1, 0.15) is 29.8 Å². The Morgan fingerprint density at radius 3 is 2.20 bits per heavy atom. The van der Waals surface area contributed by atoms with Crippen molar-refractivity contribution in [2.45, 2.75) is 52.3 Å². The van der Waals surface area contributed by atoms with E-state index in [2.05, 4.69) is 34.5 Å². The lowest BCUT2D eigenvalue weighted by molar-refractivity contribution is -0.125. The lowest BCUT2D eigenvalue weighted by atomic mass is 10.0. The van der Waals surface area contributed by atoms with Crippen molar-refractivity contribution in [3.63, 3.8) is 0 Å². The van der Waals surface area contributed by atoms with Gasteiger partial charge in [-0.2, -0.15) is 0 Å². The third-order valence-electron chi connectivity index (χ3n) is 6.81. The highest BCUT2D eigenvalue weighted by Crippen LogP contribution is 2.36. The largest absolute Gasteiger partial charge is 0.493 e. The number of ether oxygens (including phenoxy) is 2. The summed E-state index contributed by atoms with van der Waals surface area (Å²) in [6.45, 7) is 6.01. The van der Waals surface area contributed by atoms with E-state index in [9.17, 15) is 4.79 Å². The van der Waals surface area contributed by atoms with E-state index in [1.807, 2.05) is 78.9 Å². The van der Waals surface area contributed by atoms with Crippen LogP contribution in [0.4, 0.5) is 0 Å². The maximum atomic E-state index is 13.3. The highest BCUT2D eigenvalue weighted by Gasteiger charge is 2.22. The highest BCUT2D eigenvalue weighted by atomic mass is 35.5. The first-order chi connectivity index (χ1) is 20.9. The van der Waals surface area contributed by atoms with E-state index in [4.69, 9.17) is 20.9 Å². The molecule has 0 aliphatic heterocycles. The maximum Gasteiger partial charge on any atom is 0.245 e. The van der Waals surface area contributed by atoms with E-state index in [-0.39, 0.29) is 30.9 Å². The molecule has 44 heavy (non-hydrogen) atoms. The maximum absolute atomic E-state index is 13.3. The third-order valence-corrected chi connectivity index (χ3v) is 6.81. The minimum absolute atomic E-state index is 0. The first-order valence-electron chi connectivity index (χ1n) is 14.6. The Kier molecular flexibility index (Phi) is 13.5. The van der Waals surface area contributed by atoms with Crippen molar-refractivity contribution in [1.82, 2.24) is 20.3 Å². The molecule has 1 aromatic heterocycles. The topological polar surface area (TPSA) is 143 Å². The number of carbonyl (C=O) groups excluding carboxylic acids is 1. The minimum atomic E-state index is -0.582. The van der Waals surface area contributed by atoms with E-state index in [1.165, 1.54) is 0 Å². The van der Waals surface area contributed by atoms with Crippen molar-refractivity contribution in [1.29, 1.82) is 0 Å². The number of nitrogens with zero attached hydrogens (tertiary/aromatic N) is 4. The molecule has 10 nitrogen and oxygen atoms in total. The van der Waals surface area contributed by atoms with Crippen LogP contribution < -0.4 is 26.3 Å². The molecule has 1 heterocycles. The average molecular weight is 620 g/mol. The Hall–Kier alpha value is -4.57. The molecule has 0 fully saturated rings. The van der Waals surface area contributed by atoms with Gasteiger partial charge in [0.2, 0.25) is 5.91 Å². The fourth-order valence-electron chi connectivity index (χ4n) is 4.50. The van der Waals surface area contributed by atoms with Gasteiger partial charge in [0.15, 0.2) is 5.96 Å². The number of hydrogen-bond acceptors (Lipinski definition) is 6. The van der Waals surface area contributed by atoms with Gasteiger partial charge in [0.25, 0.3) is 0 Å². The summed E-state index contributed by atoms with van der Waals surface area (Å²) in [4.78, 5) is 17.3. The minimum Gasteiger partial charge on any atom is -0.493 e. The fourth-order valence-corrected chi connectivity index (χ4v) is 4.50. The molecule has 234 valence electrons. The van der Waals surface area contributed by atoms with Gasteiger partial charge in [-0.05, 0) is 42.9 Å². The van der Waals surface area contributed by atoms with Gasteiger partial charge in [-0.15, -0.1) is 17.5 Å². The number of halogens is 1. The Morgan fingerprint density at radius 1 is 0.909 bits per heavy atom. The van der Waals surface area contributed by atoms with Crippen molar-refractivity contribution in [2.24, 2.45) is 22.4 Å². The molecule has 3 aromatic carbocycles. The van der Waals surface area contributed by atoms with Crippen molar-refractivity contribution < 1.29 is 14.3 Å². The molecule has 0 spiro atoms. The van der Waals surface area contributed by atoms with Crippen LogP contribution >= 0.6 is 12.4 Å².